The summed E-state index contributed by atoms with van der Waals surface area (Å²) in [6.07, 6.45) is 4.46. The lowest BCUT2D eigenvalue weighted by Gasteiger charge is -2.14. The van der Waals surface area contributed by atoms with E-state index in [0.29, 0.717) is 19.5 Å². The molecule has 22 heavy (non-hydrogen) atoms. The molecule has 0 amide bonds. The molecule has 6 nitrogen and oxygen atoms in total. The number of aryl methyl sites for hydroxylation is 1. The number of pyridine rings is 1. The molecule has 0 aliphatic carbocycles. The van der Waals surface area contributed by atoms with Gasteiger partial charge in [-0.1, -0.05) is 13.0 Å². The maximum atomic E-state index is 11.6. The molecule has 2 aromatic rings. The Hall–Kier alpha value is -1.44. The Morgan fingerprint density at radius 3 is 2.91 bits per heavy atom. The zero-order chi connectivity index (χ0) is 16.2. The molecule has 122 valence electrons. The molecule has 0 bridgehead atoms. The number of sulfonamides is 1. The van der Waals surface area contributed by atoms with E-state index in [0.717, 1.165) is 16.9 Å². The maximum Gasteiger partial charge on any atom is 0.211 e. The van der Waals surface area contributed by atoms with Gasteiger partial charge in [-0.3, -0.25) is 0 Å². The molecule has 0 aliphatic heterocycles. The average Bonchev–Trinajstić information content (AvgIpc) is 2.88. The van der Waals surface area contributed by atoms with Crippen molar-refractivity contribution in [1.82, 2.24) is 19.4 Å². The second-order valence-corrected chi connectivity index (χ2v) is 7.51. The smallest absolute Gasteiger partial charge is 0.211 e. The van der Waals surface area contributed by atoms with Crippen LogP contribution in [0.3, 0.4) is 0 Å². The van der Waals surface area contributed by atoms with Crippen LogP contribution in [0.5, 0.6) is 0 Å². The highest BCUT2D eigenvalue weighted by atomic mass is 32.2. The summed E-state index contributed by atoms with van der Waals surface area (Å²) in [5, 5.41) is 3.32. The van der Waals surface area contributed by atoms with Gasteiger partial charge in [-0.25, -0.2) is 18.1 Å². The lowest BCUT2D eigenvalue weighted by molar-refractivity contribution is 0.519. The lowest BCUT2D eigenvalue weighted by atomic mass is 10.3. The summed E-state index contributed by atoms with van der Waals surface area (Å²) in [6.45, 7) is 6.88. The van der Waals surface area contributed by atoms with Crippen LogP contribution >= 0.6 is 0 Å². The molecule has 2 N–H and O–H groups in total. The summed E-state index contributed by atoms with van der Waals surface area (Å²) in [6, 6.07) is 4.07. The first-order valence-corrected chi connectivity index (χ1v) is 9.20. The molecule has 7 heteroatoms. The third-order valence-corrected chi connectivity index (χ3v) is 5.07. The van der Waals surface area contributed by atoms with Crippen LogP contribution in [0.1, 0.15) is 31.5 Å². The van der Waals surface area contributed by atoms with E-state index in [1.807, 2.05) is 45.3 Å². The Bertz CT molecular complexity index is 724. The molecule has 0 saturated carbocycles. The van der Waals surface area contributed by atoms with Gasteiger partial charge in [0.25, 0.3) is 0 Å². The first-order chi connectivity index (χ1) is 10.4. The van der Waals surface area contributed by atoms with E-state index in [2.05, 4.69) is 19.4 Å². The van der Waals surface area contributed by atoms with Gasteiger partial charge < -0.3 is 9.72 Å². The summed E-state index contributed by atoms with van der Waals surface area (Å²) < 4.78 is 27.9. The Balaban J connectivity index is 1.90. The first kappa shape index (κ1) is 16.9. The molecule has 0 radical (unpaired) electrons. The van der Waals surface area contributed by atoms with Crippen LogP contribution in [0.25, 0.3) is 5.65 Å². The summed E-state index contributed by atoms with van der Waals surface area (Å²) in [5.41, 5.74) is 3.15. The fourth-order valence-corrected chi connectivity index (χ4v) is 3.46. The van der Waals surface area contributed by atoms with Crippen molar-refractivity contribution in [1.29, 1.82) is 0 Å². The maximum absolute atomic E-state index is 11.6. The van der Waals surface area contributed by atoms with Crippen molar-refractivity contribution in [3.05, 3.63) is 35.8 Å². The molecule has 0 unspecified atom stereocenters. The highest BCUT2D eigenvalue weighted by Crippen LogP contribution is 2.10. The molecule has 2 aromatic heterocycles. The van der Waals surface area contributed by atoms with Crippen LogP contribution < -0.4 is 10.0 Å². The summed E-state index contributed by atoms with van der Waals surface area (Å²) in [4.78, 5) is 4.42. The average molecular weight is 324 g/mol. The molecule has 0 saturated heterocycles. The summed E-state index contributed by atoms with van der Waals surface area (Å²) >= 11 is 0. The first-order valence-electron chi connectivity index (χ1n) is 7.55. The van der Waals surface area contributed by atoms with Crippen LogP contribution in [0, 0.1) is 6.92 Å². The highest BCUT2D eigenvalue weighted by molar-refractivity contribution is 7.89. The fraction of sp³-hybridized carbons (Fsp3) is 0.533. The molecular formula is C15H24N4O2S. The van der Waals surface area contributed by atoms with Crippen LogP contribution in [-0.2, 0) is 16.6 Å². The van der Waals surface area contributed by atoms with E-state index in [1.54, 1.807) is 0 Å². The van der Waals surface area contributed by atoms with E-state index in [4.69, 9.17) is 0 Å². The number of rotatable bonds is 8. The third kappa shape index (κ3) is 4.28. The predicted molar refractivity (Wildman–Crippen MR) is 88.3 cm³/mol. The van der Waals surface area contributed by atoms with Crippen molar-refractivity contribution in [2.45, 2.75) is 39.8 Å². The largest absolute Gasteiger partial charge is 0.307 e. The number of hydrogen-bond acceptors (Lipinski definition) is 4. The van der Waals surface area contributed by atoms with E-state index in [1.165, 1.54) is 0 Å². The minimum absolute atomic E-state index is 0.0435. The van der Waals surface area contributed by atoms with E-state index < -0.39 is 10.0 Å². The van der Waals surface area contributed by atoms with Crippen molar-refractivity contribution in [3.63, 3.8) is 0 Å². The van der Waals surface area contributed by atoms with E-state index >= 15 is 0 Å². The number of imidazole rings is 1. The van der Waals surface area contributed by atoms with Gasteiger partial charge in [-0.2, -0.15) is 0 Å². The molecular weight excluding hydrogens is 300 g/mol. The second-order valence-electron chi connectivity index (χ2n) is 5.58. The van der Waals surface area contributed by atoms with Gasteiger partial charge in [0.1, 0.15) is 5.65 Å². The van der Waals surface area contributed by atoms with Crippen LogP contribution in [0.2, 0.25) is 0 Å². The number of hydrogen-bond donors (Lipinski definition) is 2. The van der Waals surface area contributed by atoms with Crippen molar-refractivity contribution in [2.24, 2.45) is 0 Å². The fourth-order valence-electron chi connectivity index (χ4n) is 2.28. The lowest BCUT2D eigenvalue weighted by Crippen LogP contribution is -2.39. The number of aromatic nitrogens is 2. The van der Waals surface area contributed by atoms with Gasteiger partial charge in [-0.05, 0) is 31.9 Å². The predicted octanol–water partition coefficient (Wildman–Crippen LogP) is 1.45. The van der Waals surface area contributed by atoms with Gasteiger partial charge >= 0.3 is 0 Å². The zero-order valence-electron chi connectivity index (χ0n) is 13.3. The zero-order valence-corrected chi connectivity index (χ0v) is 14.2. The highest BCUT2D eigenvalue weighted by Gasteiger charge is 2.11. The third-order valence-electron chi connectivity index (χ3n) is 3.52. The molecule has 1 atom stereocenters. The van der Waals surface area contributed by atoms with Gasteiger partial charge in [0.15, 0.2) is 0 Å². The number of nitrogens with one attached hydrogen (secondary N) is 2. The van der Waals surface area contributed by atoms with Gasteiger partial charge in [0.05, 0.1) is 17.6 Å². The van der Waals surface area contributed by atoms with Crippen molar-refractivity contribution < 1.29 is 8.42 Å². The Kier molecular flexibility index (Phi) is 5.55. The molecule has 0 fully saturated rings. The van der Waals surface area contributed by atoms with E-state index in [9.17, 15) is 8.42 Å². The standard InChI is InChI=1S/C15H24N4O2S/c1-4-8-22(20,21)18-9-13(3)16-10-14-11-17-15-12(2)6-5-7-19(14)15/h5-7,11,13,16,18H,4,8-10H2,1-3H3/t13-/m1/s1. The number of nitrogens with zero attached hydrogens (tertiary/aromatic N) is 2. The van der Waals surface area contributed by atoms with Crippen molar-refractivity contribution >= 4 is 15.7 Å². The monoisotopic (exact) mass is 324 g/mol. The molecule has 0 spiro atoms. The normalized spacial score (nSPS) is 13.6. The van der Waals surface area contributed by atoms with Gasteiger partial charge in [-0.15, -0.1) is 0 Å². The number of fused-ring (bicyclic) bond motifs is 1. The summed E-state index contributed by atoms with van der Waals surface area (Å²) in [5.74, 6) is 0.173. The molecule has 0 aromatic carbocycles. The second kappa shape index (κ2) is 7.21. The Labute approximate surface area is 132 Å². The Morgan fingerprint density at radius 1 is 1.41 bits per heavy atom. The molecule has 2 rings (SSSR count). The minimum Gasteiger partial charge on any atom is -0.307 e. The van der Waals surface area contributed by atoms with Crippen LogP contribution in [0.4, 0.5) is 0 Å². The topological polar surface area (TPSA) is 75.5 Å². The SMILES string of the molecule is CCCS(=O)(=O)NC[C@@H](C)NCc1cnc2c(C)cccn12. The van der Waals surface area contributed by atoms with Crippen molar-refractivity contribution in [2.75, 3.05) is 12.3 Å². The van der Waals surface area contributed by atoms with Crippen molar-refractivity contribution in [3.8, 4) is 0 Å². The van der Waals surface area contributed by atoms with Crippen LogP contribution in [-0.4, -0.2) is 36.1 Å². The Morgan fingerprint density at radius 2 is 2.18 bits per heavy atom. The van der Waals surface area contributed by atoms with Gasteiger partial charge in [0.2, 0.25) is 10.0 Å². The van der Waals surface area contributed by atoms with E-state index in [-0.39, 0.29) is 11.8 Å². The van der Waals surface area contributed by atoms with Crippen LogP contribution in [0.15, 0.2) is 24.5 Å². The molecule has 0 aliphatic rings. The molecule has 2 heterocycles. The minimum atomic E-state index is -3.15. The van der Waals surface area contributed by atoms with Gasteiger partial charge in [0, 0.05) is 25.3 Å². The quantitative estimate of drug-likeness (QED) is 0.771. The summed E-state index contributed by atoms with van der Waals surface area (Å²) in [7, 11) is -3.15.